The molecule has 0 spiro atoms. The molecule has 90 valence electrons. The van der Waals surface area contributed by atoms with Crippen molar-refractivity contribution < 1.29 is 17.9 Å². The standard InChI is InChI=1S/C9H19NO4S/c10-15(11,12)8-4-3-7-14-9-5-1-2-6-13-9/h9H,1-8H2,(H2,10,11,12). The van der Waals surface area contributed by atoms with Crippen molar-refractivity contribution in [3.8, 4) is 0 Å². The van der Waals surface area contributed by atoms with E-state index in [-0.39, 0.29) is 12.0 Å². The molecular formula is C9H19NO4S. The van der Waals surface area contributed by atoms with Crippen LogP contribution < -0.4 is 5.14 Å². The summed E-state index contributed by atoms with van der Waals surface area (Å²) in [6.45, 7) is 1.31. The highest BCUT2D eigenvalue weighted by atomic mass is 32.2. The number of rotatable bonds is 6. The molecule has 0 amide bonds. The summed E-state index contributed by atoms with van der Waals surface area (Å²) >= 11 is 0. The number of primary sulfonamides is 1. The maximum Gasteiger partial charge on any atom is 0.209 e. The second kappa shape index (κ2) is 6.42. The molecule has 0 aromatic carbocycles. The van der Waals surface area contributed by atoms with Gasteiger partial charge in [-0.1, -0.05) is 0 Å². The molecular weight excluding hydrogens is 218 g/mol. The van der Waals surface area contributed by atoms with E-state index < -0.39 is 10.0 Å². The number of ether oxygens (including phenoxy) is 2. The van der Waals surface area contributed by atoms with Crippen molar-refractivity contribution in [2.45, 2.75) is 38.4 Å². The van der Waals surface area contributed by atoms with Crippen LogP contribution in [-0.4, -0.2) is 33.7 Å². The van der Waals surface area contributed by atoms with E-state index in [9.17, 15) is 8.42 Å². The Morgan fingerprint density at radius 1 is 1.33 bits per heavy atom. The van der Waals surface area contributed by atoms with Gasteiger partial charge < -0.3 is 9.47 Å². The molecule has 0 aromatic heterocycles. The van der Waals surface area contributed by atoms with Gasteiger partial charge in [0.15, 0.2) is 6.29 Å². The fraction of sp³-hybridized carbons (Fsp3) is 1.00. The molecule has 0 saturated carbocycles. The predicted molar refractivity (Wildman–Crippen MR) is 56.8 cm³/mol. The molecule has 1 rings (SSSR count). The Labute approximate surface area is 91.0 Å². The number of unbranched alkanes of at least 4 members (excludes halogenated alkanes) is 1. The second-order valence-corrected chi connectivity index (χ2v) is 5.47. The van der Waals surface area contributed by atoms with Crippen molar-refractivity contribution in [1.82, 2.24) is 0 Å². The average molecular weight is 237 g/mol. The Morgan fingerprint density at radius 3 is 2.73 bits per heavy atom. The number of sulfonamides is 1. The van der Waals surface area contributed by atoms with Gasteiger partial charge in [-0.2, -0.15) is 0 Å². The first kappa shape index (κ1) is 12.9. The average Bonchev–Trinajstić information content (AvgIpc) is 2.17. The Hall–Kier alpha value is -0.170. The van der Waals surface area contributed by atoms with Gasteiger partial charge in [-0.3, -0.25) is 0 Å². The monoisotopic (exact) mass is 237 g/mol. The lowest BCUT2D eigenvalue weighted by Crippen LogP contribution is -2.23. The highest BCUT2D eigenvalue weighted by Crippen LogP contribution is 2.13. The minimum atomic E-state index is -3.32. The molecule has 1 heterocycles. The Bertz CT molecular complexity index is 259. The normalized spacial score (nSPS) is 22.9. The second-order valence-electron chi connectivity index (χ2n) is 3.74. The molecule has 15 heavy (non-hydrogen) atoms. The molecule has 1 unspecified atom stereocenters. The fourth-order valence-corrected chi connectivity index (χ4v) is 2.07. The van der Waals surface area contributed by atoms with Crippen molar-refractivity contribution in [3.63, 3.8) is 0 Å². The lowest BCUT2D eigenvalue weighted by Gasteiger charge is -2.22. The van der Waals surface area contributed by atoms with Crippen molar-refractivity contribution in [1.29, 1.82) is 0 Å². The van der Waals surface area contributed by atoms with Gasteiger partial charge >= 0.3 is 0 Å². The maximum absolute atomic E-state index is 10.6. The summed E-state index contributed by atoms with van der Waals surface area (Å²) in [5.74, 6) is 0.0296. The molecule has 0 aliphatic carbocycles. The Balaban J connectivity index is 1.96. The van der Waals surface area contributed by atoms with Crippen LogP contribution in [0.1, 0.15) is 32.1 Å². The van der Waals surface area contributed by atoms with E-state index in [1.807, 2.05) is 0 Å². The van der Waals surface area contributed by atoms with Gasteiger partial charge in [0.2, 0.25) is 10.0 Å². The van der Waals surface area contributed by atoms with Crippen molar-refractivity contribution in [2.24, 2.45) is 5.14 Å². The van der Waals surface area contributed by atoms with E-state index in [4.69, 9.17) is 14.6 Å². The van der Waals surface area contributed by atoms with E-state index in [0.717, 1.165) is 25.9 Å². The van der Waals surface area contributed by atoms with Gasteiger partial charge in [0, 0.05) is 13.2 Å². The zero-order valence-electron chi connectivity index (χ0n) is 8.85. The highest BCUT2D eigenvalue weighted by molar-refractivity contribution is 7.89. The molecule has 5 nitrogen and oxygen atoms in total. The zero-order valence-corrected chi connectivity index (χ0v) is 9.67. The van der Waals surface area contributed by atoms with Crippen LogP contribution >= 0.6 is 0 Å². The predicted octanol–water partition coefficient (Wildman–Crippen LogP) is 0.598. The van der Waals surface area contributed by atoms with Gasteiger partial charge in [0.05, 0.1) is 5.75 Å². The van der Waals surface area contributed by atoms with Gasteiger partial charge in [0.25, 0.3) is 0 Å². The molecule has 2 N–H and O–H groups in total. The first-order chi connectivity index (χ1) is 7.08. The molecule has 1 aliphatic heterocycles. The van der Waals surface area contributed by atoms with Gasteiger partial charge in [0.1, 0.15) is 0 Å². The van der Waals surface area contributed by atoms with E-state index in [0.29, 0.717) is 19.4 Å². The van der Waals surface area contributed by atoms with E-state index >= 15 is 0 Å². The van der Waals surface area contributed by atoms with E-state index in [1.165, 1.54) is 0 Å². The SMILES string of the molecule is NS(=O)(=O)CCCCOC1CCCCO1. The molecule has 0 bridgehead atoms. The summed E-state index contributed by atoms with van der Waals surface area (Å²) in [6.07, 6.45) is 4.35. The molecule has 1 saturated heterocycles. The number of hydrogen-bond acceptors (Lipinski definition) is 4. The zero-order chi connectivity index (χ0) is 11.1. The number of hydrogen-bond donors (Lipinski definition) is 1. The van der Waals surface area contributed by atoms with Crippen molar-refractivity contribution in [2.75, 3.05) is 19.0 Å². The summed E-state index contributed by atoms with van der Waals surface area (Å²) in [4.78, 5) is 0. The third-order valence-corrected chi connectivity index (χ3v) is 3.12. The Kier molecular flexibility index (Phi) is 5.52. The topological polar surface area (TPSA) is 78.6 Å². The number of nitrogens with two attached hydrogens (primary N) is 1. The summed E-state index contributed by atoms with van der Waals surface area (Å²) in [6, 6.07) is 0. The van der Waals surface area contributed by atoms with Crippen LogP contribution in [0.4, 0.5) is 0 Å². The molecule has 1 fully saturated rings. The van der Waals surface area contributed by atoms with Crippen molar-refractivity contribution >= 4 is 10.0 Å². The third kappa shape index (κ3) is 6.83. The van der Waals surface area contributed by atoms with Gasteiger partial charge in [-0.25, -0.2) is 13.6 Å². The molecule has 1 atom stereocenters. The third-order valence-electron chi connectivity index (χ3n) is 2.26. The minimum absolute atomic E-state index is 0.0296. The minimum Gasteiger partial charge on any atom is -0.353 e. The van der Waals surface area contributed by atoms with Crippen LogP contribution in [0.3, 0.4) is 0 Å². The summed E-state index contributed by atoms with van der Waals surface area (Å²) < 4.78 is 32.0. The molecule has 0 radical (unpaired) electrons. The van der Waals surface area contributed by atoms with Crippen LogP contribution in [0.2, 0.25) is 0 Å². The largest absolute Gasteiger partial charge is 0.353 e. The van der Waals surface area contributed by atoms with E-state index in [2.05, 4.69) is 0 Å². The van der Waals surface area contributed by atoms with Crippen molar-refractivity contribution in [3.05, 3.63) is 0 Å². The van der Waals surface area contributed by atoms with E-state index in [1.54, 1.807) is 0 Å². The van der Waals surface area contributed by atoms with Crippen LogP contribution in [0.5, 0.6) is 0 Å². The highest BCUT2D eigenvalue weighted by Gasteiger charge is 2.13. The lowest BCUT2D eigenvalue weighted by molar-refractivity contribution is -0.162. The fourth-order valence-electron chi connectivity index (χ4n) is 1.46. The molecule has 6 heteroatoms. The van der Waals surface area contributed by atoms with Gasteiger partial charge in [-0.05, 0) is 32.1 Å². The van der Waals surface area contributed by atoms with Crippen LogP contribution in [-0.2, 0) is 19.5 Å². The molecule has 0 aromatic rings. The first-order valence-electron chi connectivity index (χ1n) is 5.31. The van der Waals surface area contributed by atoms with Crippen LogP contribution in [0.25, 0.3) is 0 Å². The Morgan fingerprint density at radius 2 is 2.13 bits per heavy atom. The summed E-state index contributed by atoms with van der Waals surface area (Å²) in [5, 5.41) is 4.87. The van der Waals surface area contributed by atoms with Crippen LogP contribution in [0.15, 0.2) is 0 Å². The molecule has 1 aliphatic rings. The smallest absolute Gasteiger partial charge is 0.209 e. The first-order valence-corrected chi connectivity index (χ1v) is 7.03. The van der Waals surface area contributed by atoms with Crippen LogP contribution in [0, 0.1) is 0 Å². The maximum atomic E-state index is 10.6. The lowest BCUT2D eigenvalue weighted by atomic mass is 10.2. The summed E-state index contributed by atoms with van der Waals surface area (Å²) in [5.41, 5.74) is 0. The summed E-state index contributed by atoms with van der Waals surface area (Å²) in [7, 11) is -3.32. The quantitative estimate of drug-likeness (QED) is 0.686. The van der Waals surface area contributed by atoms with Gasteiger partial charge in [-0.15, -0.1) is 0 Å².